The van der Waals surface area contributed by atoms with E-state index in [1.165, 1.54) is 12.0 Å². The summed E-state index contributed by atoms with van der Waals surface area (Å²) in [6, 6.07) is -1.34. The van der Waals surface area contributed by atoms with Crippen LogP contribution in [0, 0.1) is 0 Å². The summed E-state index contributed by atoms with van der Waals surface area (Å²) >= 11 is 0. The Hall–Kier alpha value is -1.79. The van der Waals surface area contributed by atoms with Crippen LogP contribution in [0.5, 0.6) is 0 Å². The molecule has 0 radical (unpaired) electrons. The van der Waals surface area contributed by atoms with Crippen LogP contribution in [0.4, 0.5) is 4.79 Å². The number of hydrogen-bond donors (Lipinski definition) is 1. The third-order valence-electron chi connectivity index (χ3n) is 3.42. The van der Waals surface area contributed by atoms with Crippen molar-refractivity contribution in [3.63, 3.8) is 0 Å². The molecule has 1 rings (SSSR count). The molecule has 0 aromatic carbocycles. The molecule has 1 fully saturated rings. The average Bonchev–Trinajstić information content (AvgIpc) is 2.58. The van der Waals surface area contributed by atoms with Crippen molar-refractivity contribution >= 4 is 18.0 Å². The molecule has 7 nitrogen and oxygen atoms in total. The molecular weight excluding hydrogens is 288 g/mol. The van der Waals surface area contributed by atoms with Gasteiger partial charge in [0.25, 0.3) is 0 Å². The van der Waals surface area contributed by atoms with Crippen molar-refractivity contribution in [3.05, 3.63) is 0 Å². The van der Waals surface area contributed by atoms with E-state index in [2.05, 4.69) is 5.32 Å². The second kappa shape index (κ2) is 7.47. The number of alkyl carbamates (subject to hydrolysis) is 1. The molecule has 0 bridgehead atoms. The van der Waals surface area contributed by atoms with Gasteiger partial charge in [-0.1, -0.05) is 0 Å². The lowest BCUT2D eigenvalue weighted by Crippen LogP contribution is -2.52. The second-order valence-corrected chi connectivity index (χ2v) is 6.43. The molecule has 0 saturated carbocycles. The monoisotopic (exact) mass is 314 g/mol. The SMILES string of the molecule is COC(=O)C(C)N1CCCC[C@H](NC(=O)OC(C)(C)C)C1=O. The average molecular weight is 314 g/mol. The van der Waals surface area contributed by atoms with Crippen molar-refractivity contribution in [2.45, 2.75) is 64.6 Å². The predicted molar refractivity (Wildman–Crippen MR) is 80.2 cm³/mol. The zero-order valence-electron chi connectivity index (χ0n) is 14.0. The molecule has 1 unspecified atom stereocenters. The lowest BCUT2D eigenvalue weighted by Gasteiger charge is -2.29. The third-order valence-corrected chi connectivity index (χ3v) is 3.42. The molecule has 0 aromatic rings. The van der Waals surface area contributed by atoms with E-state index in [9.17, 15) is 14.4 Å². The van der Waals surface area contributed by atoms with Crippen molar-refractivity contribution in [2.75, 3.05) is 13.7 Å². The van der Waals surface area contributed by atoms with E-state index in [-0.39, 0.29) is 5.91 Å². The molecule has 22 heavy (non-hydrogen) atoms. The number of hydrogen-bond acceptors (Lipinski definition) is 5. The maximum atomic E-state index is 12.6. The number of likely N-dealkylation sites (tertiary alicyclic amines) is 1. The van der Waals surface area contributed by atoms with Crippen LogP contribution in [-0.4, -0.2) is 54.2 Å². The van der Waals surface area contributed by atoms with Crippen molar-refractivity contribution in [1.82, 2.24) is 10.2 Å². The van der Waals surface area contributed by atoms with Crippen LogP contribution in [0.25, 0.3) is 0 Å². The van der Waals surface area contributed by atoms with E-state index in [0.717, 1.165) is 12.8 Å². The molecule has 1 N–H and O–H groups in total. The second-order valence-electron chi connectivity index (χ2n) is 6.43. The largest absolute Gasteiger partial charge is 0.467 e. The highest BCUT2D eigenvalue weighted by Gasteiger charge is 2.34. The maximum absolute atomic E-state index is 12.6. The minimum Gasteiger partial charge on any atom is -0.467 e. The molecule has 7 heteroatoms. The first-order chi connectivity index (χ1) is 10.2. The number of rotatable bonds is 3. The Morgan fingerprint density at radius 3 is 2.50 bits per heavy atom. The topological polar surface area (TPSA) is 84.9 Å². The number of esters is 1. The van der Waals surface area contributed by atoms with Crippen LogP contribution in [0.3, 0.4) is 0 Å². The van der Waals surface area contributed by atoms with Crippen molar-refractivity contribution in [3.8, 4) is 0 Å². The Labute approximate surface area is 131 Å². The van der Waals surface area contributed by atoms with Gasteiger partial charge in [0.15, 0.2) is 0 Å². The van der Waals surface area contributed by atoms with Gasteiger partial charge in [0.05, 0.1) is 7.11 Å². The van der Waals surface area contributed by atoms with E-state index >= 15 is 0 Å². The summed E-state index contributed by atoms with van der Waals surface area (Å²) in [6.07, 6.45) is 1.47. The summed E-state index contributed by atoms with van der Waals surface area (Å²) < 4.78 is 9.87. The summed E-state index contributed by atoms with van der Waals surface area (Å²) in [5.74, 6) is -0.743. The zero-order valence-corrected chi connectivity index (χ0v) is 14.0. The van der Waals surface area contributed by atoms with Crippen LogP contribution in [0.1, 0.15) is 47.0 Å². The molecule has 2 amide bonds. The quantitative estimate of drug-likeness (QED) is 0.797. The van der Waals surface area contributed by atoms with Gasteiger partial charge in [-0.2, -0.15) is 0 Å². The number of amides is 2. The lowest BCUT2D eigenvalue weighted by molar-refractivity contribution is -0.152. The first-order valence-corrected chi connectivity index (χ1v) is 7.53. The smallest absolute Gasteiger partial charge is 0.408 e. The van der Waals surface area contributed by atoms with Gasteiger partial charge >= 0.3 is 12.1 Å². The normalized spacial score (nSPS) is 20.9. The third kappa shape index (κ3) is 5.20. The molecule has 1 aliphatic rings. The Morgan fingerprint density at radius 1 is 1.32 bits per heavy atom. The van der Waals surface area contributed by atoms with E-state index in [1.807, 2.05) is 0 Å². The van der Waals surface area contributed by atoms with E-state index in [4.69, 9.17) is 9.47 Å². The van der Waals surface area contributed by atoms with Crippen LogP contribution in [0.2, 0.25) is 0 Å². The van der Waals surface area contributed by atoms with E-state index in [0.29, 0.717) is 13.0 Å². The first kappa shape index (κ1) is 18.3. The number of ether oxygens (including phenoxy) is 2. The highest BCUT2D eigenvalue weighted by molar-refractivity contribution is 5.89. The minimum absolute atomic E-state index is 0.277. The highest BCUT2D eigenvalue weighted by Crippen LogP contribution is 2.16. The standard InChI is InChI=1S/C15H26N2O5/c1-10(13(19)21-5)17-9-7-6-8-11(12(17)18)16-14(20)22-15(2,3)4/h10-11H,6-9H2,1-5H3,(H,16,20)/t10?,11-/m0/s1. The predicted octanol–water partition coefficient (Wildman–Crippen LogP) is 1.45. The number of methoxy groups -OCH3 is 1. The summed E-state index contributed by atoms with van der Waals surface area (Å²) in [6.45, 7) is 7.37. The molecule has 0 aliphatic carbocycles. The lowest BCUT2D eigenvalue weighted by atomic mass is 10.1. The van der Waals surface area contributed by atoms with Crippen molar-refractivity contribution < 1.29 is 23.9 Å². The Kier molecular flexibility index (Phi) is 6.20. The molecule has 126 valence electrons. The maximum Gasteiger partial charge on any atom is 0.408 e. The van der Waals surface area contributed by atoms with Gasteiger partial charge in [-0.15, -0.1) is 0 Å². The molecule has 2 atom stereocenters. The van der Waals surface area contributed by atoms with Gasteiger partial charge in [0.1, 0.15) is 17.7 Å². The fourth-order valence-corrected chi connectivity index (χ4v) is 2.33. The van der Waals surface area contributed by atoms with Gasteiger partial charge < -0.3 is 19.7 Å². The van der Waals surface area contributed by atoms with Crippen LogP contribution in [0.15, 0.2) is 0 Å². The summed E-state index contributed by atoms with van der Waals surface area (Å²) in [5.41, 5.74) is -0.628. The van der Waals surface area contributed by atoms with Crippen LogP contribution >= 0.6 is 0 Å². The first-order valence-electron chi connectivity index (χ1n) is 7.53. The van der Waals surface area contributed by atoms with E-state index < -0.39 is 29.7 Å². The fraction of sp³-hybridized carbons (Fsp3) is 0.800. The molecular formula is C15H26N2O5. The van der Waals surface area contributed by atoms with Gasteiger partial charge in [-0.25, -0.2) is 9.59 Å². The zero-order chi connectivity index (χ0) is 16.9. The molecule has 0 spiro atoms. The molecule has 1 heterocycles. The number of nitrogens with zero attached hydrogens (tertiary/aromatic N) is 1. The summed E-state index contributed by atoms with van der Waals surface area (Å²) in [4.78, 5) is 37.5. The Balaban J connectivity index is 2.76. The Morgan fingerprint density at radius 2 is 1.95 bits per heavy atom. The fourth-order valence-electron chi connectivity index (χ4n) is 2.33. The van der Waals surface area contributed by atoms with Gasteiger partial charge in [-0.05, 0) is 47.0 Å². The summed E-state index contributed by atoms with van der Waals surface area (Å²) in [5, 5.41) is 2.60. The van der Waals surface area contributed by atoms with Gasteiger partial charge in [0, 0.05) is 6.54 Å². The summed E-state index contributed by atoms with van der Waals surface area (Å²) in [7, 11) is 1.29. The number of carbonyl (C=O) groups is 3. The Bertz CT molecular complexity index is 430. The minimum atomic E-state index is -0.676. The number of carbonyl (C=O) groups excluding carboxylic acids is 3. The van der Waals surface area contributed by atoms with Crippen LogP contribution < -0.4 is 5.32 Å². The van der Waals surface area contributed by atoms with E-state index in [1.54, 1.807) is 27.7 Å². The van der Waals surface area contributed by atoms with Gasteiger partial charge in [0.2, 0.25) is 5.91 Å². The molecule has 1 aliphatic heterocycles. The van der Waals surface area contributed by atoms with Crippen molar-refractivity contribution in [2.24, 2.45) is 0 Å². The van der Waals surface area contributed by atoms with Crippen LogP contribution in [-0.2, 0) is 19.1 Å². The number of nitrogens with one attached hydrogen (secondary N) is 1. The van der Waals surface area contributed by atoms with Gasteiger partial charge in [-0.3, -0.25) is 4.79 Å². The molecule has 0 aromatic heterocycles. The van der Waals surface area contributed by atoms with Crippen molar-refractivity contribution in [1.29, 1.82) is 0 Å². The molecule has 1 saturated heterocycles. The highest BCUT2D eigenvalue weighted by atomic mass is 16.6.